The lowest BCUT2D eigenvalue weighted by Crippen LogP contribution is -2.41. The Morgan fingerprint density at radius 2 is 1.94 bits per heavy atom. The largest absolute Gasteiger partial charge is 0.391 e. The molecule has 0 spiro atoms. The number of aliphatic hydroxyl groups excluding tert-OH is 1. The molecule has 0 aromatic heterocycles. The lowest BCUT2D eigenvalue weighted by molar-refractivity contribution is 0.155. The van der Waals surface area contributed by atoms with Crippen LogP contribution in [0, 0.1) is 5.92 Å². The Morgan fingerprint density at radius 3 is 2.67 bits per heavy atom. The summed E-state index contributed by atoms with van der Waals surface area (Å²) in [5, 5.41) is 13.6. The average Bonchev–Trinajstić information content (AvgIpc) is 2.39. The van der Waals surface area contributed by atoms with Gasteiger partial charge in [0.25, 0.3) is 0 Å². The number of rotatable bonds is 5. The van der Waals surface area contributed by atoms with Crippen LogP contribution in [0.4, 0.5) is 0 Å². The molecule has 2 nitrogen and oxygen atoms in total. The van der Waals surface area contributed by atoms with Crippen molar-refractivity contribution in [1.82, 2.24) is 5.32 Å². The van der Waals surface area contributed by atoms with Crippen molar-refractivity contribution >= 4 is 0 Å². The normalized spacial score (nSPS) is 25.9. The van der Waals surface area contributed by atoms with Gasteiger partial charge in [0.1, 0.15) is 0 Å². The van der Waals surface area contributed by atoms with Crippen molar-refractivity contribution in [2.75, 3.05) is 6.54 Å². The molecule has 1 saturated carbocycles. The Hall–Kier alpha value is -0.860. The third-order valence-corrected chi connectivity index (χ3v) is 4.04. The lowest BCUT2D eigenvalue weighted by Gasteiger charge is -2.30. The summed E-state index contributed by atoms with van der Waals surface area (Å²) >= 11 is 0. The SMILES string of the molecule is CC1CCCCC1NCC(O)Cc1ccccc1. The predicted molar refractivity (Wildman–Crippen MR) is 75.6 cm³/mol. The Labute approximate surface area is 110 Å². The molecular weight excluding hydrogens is 222 g/mol. The second-order valence-electron chi connectivity index (χ2n) is 5.62. The van der Waals surface area contributed by atoms with E-state index in [1.807, 2.05) is 18.2 Å². The van der Waals surface area contributed by atoms with Gasteiger partial charge in [-0.25, -0.2) is 0 Å². The minimum atomic E-state index is -0.276. The number of hydrogen-bond donors (Lipinski definition) is 2. The molecule has 2 heteroatoms. The molecule has 2 N–H and O–H groups in total. The summed E-state index contributed by atoms with van der Waals surface area (Å²) in [6.45, 7) is 3.03. The third kappa shape index (κ3) is 4.11. The van der Waals surface area contributed by atoms with Gasteiger partial charge in [0.05, 0.1) is 6.10 Å². The van der Waals surface area contributed by atoms with Crippen molar-refractivity contribution < 1.29 is 5.11 Å². The van der Waals surface area contributed by atoms with E-state index in [-0.39, 0.29) is 6.10 Å². The van der Waals surface area contributed by atoms with Crippen LogP contribution in [0.3, 0.4) is 0 Å². The van der Waals surface area contributed by atoms with Gasteiger partial charge in [0, 0.05) is 12.6 Å². The molecule has 1 fully saturated rings. The molecule has 0 saturated heterocycles. The maximum absolute atomic E-state index is 10.1. The highest BCUT2D eigenvalue weighted by molar-refractivity contribution is 5.15. The van der Waals surface area contributed by atoms with E-state index in [2.05, 4.69) is 24.4 Å². The van der Waals surface area contributed by atoms with E-state index >= 15 is 0 Å². The Bertz CT molecular complexity index is 338. The van der Waals surface area contributed by atoms with Crippen molar-refractivity contribution in [3.63, 3.8) is 0 Å². The molecule has 0 aliphatic heterocycles. The maximum atomic E-state index is 10.1. The van der Waals surface area contributed by atoms with Crippen molar-refractivity contribution in [2.45, 2.75) is 51.2 Å². The summed E-state index contributed by atoms with van der Waals surface area (Å²) in [4.78, 5) is 0. The van der Waals surface area contributed by atoms with Crippen LogP contribution in [0.15, 0.2) is 30.3 Å². The summed E-state index contributed by atoms with van der Waals surface area (Å²) in [6.07, 6.45) is 5.75. The fraction of sp³-hybridized carbons (Fsp3) is 0.625. The zero-order chi connectivity index (χ0) is 12.8. The topological polar surface area (TPSA) is 32.3 Å². The number of hydrogen-bond acceptors (Lipinski definition) is 2. The highest BCUT2D eigenvalue weighted by Crippen LogP contribution is 2.23. The quantitative estimate of drug-likeness (QED) is 0.838. The van der Waals surface area contributed by atoms with Crippen LogP contribution in [0.25, 0.3) is 0 Å². The molecule has 0 bridgehead atoms. The van der Waals surface area contributed by atoms with Crippen molar-refractivity contribution in [3.8, 4) is 0 Å². The third-order valence-electron chi connectivity index (χ3n) is 4.04. The molecular formula is C16H25NO. The molecule has 1 aromatic carbocycles. The summed E-state index contributed by atoms with van der Waals surface area (Å²) in [5.74, 6) is 0.752. The van der Waals surface area contributed by atoms with Gasteiger partial charge in [0.2, 0.25) is 0 Å². The van der Waals surface area contributed by atoms with Crippen molar-refractivity contribution in [3.05, 3.63) is 35.9 Å². The van der Waals surface area contributed by atoms with Gasteiger partial charge in [-0.05, 0) is 30.7 Å². The molecule has 2 rings (SSSR count). The minimum Gasteiger partial charge on any atom is -0.391 e. The van der Waals surface area contributed by atoms with Crippen LogP contribution < -0.4 is 5.32 Å². The van der Waals surface area contributed by atoms with Gasteiger partial charge < -0.3 is 10.4 Å². The predicted octanol–water partition coefficient (Wildman–Crippen LogP) is 2.76. The molecule has 3 atom stereocenters. The molecule has 1 aromatic rings. The smallest absolute Gasteiger partial charge is 0.0704 e. The van der Waals surface area contributed by atoms with Gasteiger partial charge in [-0.2, -0.15) is 0 Å². The van der Waals surface area contributed by atoms with Crippen molar-refractivity contribution in [1.29, 1.82) is 0 Å². The van der Waals surface area contributed by atoms with E-state index in [1.54, 1.807) is 0 Å². The monoisotopic (exact) mass is 247 g/mol. The molecule has 3 unspecified atom stereocenters. The first-order valence-electron chi connectivity index (χ1n) is 7.21. The van der Waals surface area contributed by atoms with Crippen LogP contribution in [0.2, 0.25) is 0 Å². The molecule has 0 amide bonds. The first-order chi connectivity index (χ1) is 8.75. The molecule has 1 aliphatic carbocycles. The molecule has 18 heavy (non-hydrogen) atoms. The molecule has 0 heterocycles. The average molecular weight is 247 g/mol. The Balaban J connectivity index is 1.72. The number of aliphatic hydroxyl groups is 1. The molecule has 100 valence electrons. The van der Waals surface area contributed by atoms with Crippen molar-refractivity contribution in [2.24, 2.45) is 5.92 Å². The Morgan fingerprint density at radius 1 is 1.22 bits per heavy atom. The zero-order valence-corrected chi connectivity index (χ0v) is 11.3. The maximum Gasteiger partial charge on any atom is 0.0704 e. The number of nitrogens with one attached hydrogen (secondary N) is 1. The van der Waals surface area contributed by atoms with Gasteiger partial charge >= 0.3 is 0 Å². The van der Waals surface area contributed by atoms with Gasteiger partial charge in [-0.15, -0.1) is 0 Å². The van der Waals surface area contributed by atoms with E-state index in [4.69, 9.17) is 0 Å². The van der Waals surface area contributed by atoms with Crippen LogP contribution in [-0.2, 0) is 6.42 Å². The summed E-state index contributed by atoms with van der Waals surface area (Å²) in [6, 6.07) is 10.8. The van der Waals surface area contributed by atoms with Crippen LogP contribution in [0.1, 0.15) is 38.2 Å². The van der Waals surface area contributed by atoms with E-state index in [0.717, 1.165) is 12.3 Å². The lowest BCUT2D eigenvalue weighted by atomic mass is 9.86. The fourth-order valence-corrected chi connectivity index (χ4v) is 2.87. The zero-order valence-electron chi connectivity index (χ0n) is 11.3. The highest BCUT2D eigenvalue weighted by atomic mass is 16.3. The number of benzene rings is 1. The minimum absolute atomic E-state index is 0.276. The van der Waals surface area contributed by atoms with E-state index in [9.17, 15) is 5.11 Å². The summed E-state index contributed by atoms with van der Waals surface area (Å²) in [5.41, 5.74) is 1.21. The van der Waals surface area contributed by atoms with Gasteiger partial charge in [0.15, 0.2) is 0 Å². The summed E-state index contributed by atoms with van der Waals surface area (Å²) < 4.78 is 0. The van der Waals surface area contributed by atoms with Crippen LogP contribution in [-0.4, -0.2) is 23.8 Å². The van der Waals surface area contributed by atoms with E-state index in [0.29, 0.717) is 12.6 Å². The standard InChI is InChI=1S/C16H25NO/c1-13-7-5-6-10-16(13)17-12-15(18)11-14-8-3-2-4-9-14/h2-4,8-9,13,15-18H,5-7,10-12H2,1H3. The highest BCUT2D eigenvalue weighted by Gasteiger charge is 2.21. The second kappa shape index (κ2) is 6.91. The Kier molecular flexibility index (Phi) is 5.21. The first-order valence-corrected chi connectivity index (χ1v) is 7.21. The van der Waals surface area contributed by atoms with E-state index < -0.39 is 0 Å². The summed E-state index contributed by atoms with van der Waals surface area (Å²) in [7, 11) is 0. The molecule has 1 aliphatic rings. The fourth-order valence-electron chi connectivity index (χ4n) is 2.87. The van der Waals surface area contributed by atoms with Crippen LogP contribution in [0.5, 0.6) is 0 Å². The van der Waals surface area contributed by atoms with Gasteiger partial charge in [-0.3, -0.25) is 0 Å². The molecule has 0 radical (unpaired) electrons. The second-order valence-corrected chi connectivity index (χ2v) is 5.62. The van der Waals surface area contributed by atoms with Crippen LogP contribution >= 0.6 is 0 Å². The first kappa shape index (κ1) is 13.6. The van der Waals surface area contributed by atoms with Gasteiger partial charge in [-0.1, -0.05) is 50.1 Å². The van der Waals surface area contributed by atoms with E-state index in [1.165, 1.54) is 31.2 Å².